The van der Waals surface area contributed by atoms with Gasteiger partial charge in [-0.1, -0.05) is 0 Å². The maximum atomic E-state index is 11.3. The molecule has 0 saturated heterocycles. The summed E-state index contributed by atoms with van der Waals surface area (Å²) in [4.78, 5) is 15.7. The minimum atomic E-state index is -0.233. The topological polar surface area (TPSA) is 57.7 Å². The van der Waals surface area contributed by atoms with Gasteiger partial charge in [-0.3, -0.25) is 9.78 Å². The average molecular weight is 287 g/mol. The Balaban J connectivity index is 1.97. The molecule has 0 spiro atoms. The minimum absolute atomic E-state index is 0.233. The van der Waals surface area contributed by atoms with Crippen LogP contribution in [0.5, 0.6) is 11.5 Å². The van der Waals surface area contributed by atoms with E-state index in [-0.39, 0.29) is 5.97 Å². The number of carbonyl (C=O) groups is 1. The Morgan fingerprint density at radius 3 is 2.81 bits per heavy atom. The third-order valence-electron chi connectivity index (χ3n) is 3.51. The number of carbonyl (C=O) groups excluding carboxylic acids is 1. The fourth-order valence-corrected chi connectivity index (χ4v) is 2.41. The van der Waals surface area contributed by atoms with Crippen LogP contribution in [0.2, 0.25) is 0 Å². The number of pyridine rings is 1. The molecule has 0 unspecified atom stereocenters. The fraction of sp³-hybridized carbons (Fsp3) is 0.375. The summed E-state index contributed by atoms with van der Waals surface area (Å²) in [6, 6.07) is 5.86. The summed E-state index contributed by atoms with van der Waals surface area (Å²) in [5.41, 5.74) is 0.869. The van der Waals surface area contributed by atoms with Gasteiger partial charge in [0.05, 0.1) is 26.7 Å². The Hall–Kier alpha value is -2.30. The van der Waals surface area contributed by atoms with Crippen LogP contribution in [0.1, 0.15) is 18.5 Å². The number of hydrogen-bond acceptors (Lipinski definition) is 5. The molecule has 2 heterocycles. The summed E-state index contributed by atoms with van der Waals surface area (Å²) in [6.45, 7) is 1.31. The predicted molar refractivity (Wildman–Crippen MR) is 77.7 cm³/mol. The predicted octanol–water partition coefficient (Wildman–Crippen LogP) is 2.50. The molecule has 21 heavy (non-hydrogen) atoms. The summed E-state index contributed by atoms with van der Waals surface area (Å²) in [7, 11) is 1.39. The quantitative estimate of drug-likeness (QED) is 0.812. The van der Waals surface area contributed by atoms with Crippen molar-refractivity contribution in [2.45, 2.75) is 19.3 Å². The normalized spacial score (nSPS) is 13.8. The summed E-state index contributed by atoms with van der Waals surface area (Å²) in [5.74, 6) is 1.28. The lowest BCUT2D eigenvalue weighted by Crippen LogP contribution is -2.03. The first-order valence-corrected chi connectivity index (χ1v) is 7.02. The number of esters is 1. The zero-order valence-electron chi connectivity index (χ0n) is 11.9. The maximum absolute atomic E-state index is 11.3. The van der Waals surface area contributed by atoms with Crippen molar-refractivity contribution in [3.05, 3.63) is 30.1 Å². The zero-order chi connectivity index (χ0) is 14.7. The molecule has 3 rings (SSSR count). The van der Waals surface area contributed by atoms with Crippen LogP contribution in [0.3, 0.4) is 0 Å². The Morgan fingerprint density at radius 1 is 1.29 bits per heavy atom. The van der Waals surface area contributed by atoms with Crippen molar-refractivity contribution in [2.75, 3.05) is 20.3 Å². The van der Waals surface area contributed by atoms with E-state index in [1.54, 1.807) is 6.20 Å². The van der Waals surface area contributed by atoms with Crippen LogP contribution < -0.4 is 9.47 Å². The molecule has 0 saturated carbocycles. The summed E-state index contributed by atoms with van der Waals surface area (Å²) < 4.78 is 16.1. The van der Waals surface area contributed by atoms with Gasteiger partial charge in [0.25, 0.3) is 0 Å². The van der Waals surface area contributed by atoms with Crippen LogP contribution >= 0.6 is 0 Å². The molecule has 5 nitrogen and oxygen atoms in total. The van der Waals surface area contributed by atoms with Gasteiger partial charge in [0.1, 0.15) is 0 Å². The molecule has 1 aliphatic heterocycles. The lowest BCUT2D eigenvalue weighted by Gasteiger charge is -2.11. The molecule has 0 aliphatic carbocycles. The smallest absolute Gasteiger partial charge is 0.305 e. The Morgan fingerprint density at radius 2 is 2.05 bits per heavy atom. The van der Waals surface area contributed by atoms with Crippen LogP contribution in [0.4, 0.5) is 0 Å². The largest absolute Gasteiger partial charge is 0.490 e. The van der Waals surface area contributed by atoms with Crippen molar-refractivity contribution in [3.63, 3.8) is 0 Å². The van der Waals surface area contributed by atoms with E-state index in [9.17, 15) is 4.79 Å². The highest BCUT2D eigenvalue weighted by Crippen LogP contribution is 2.35. The van der Waals surface area contributed by atoms with Crippen molar-refractivity contribution >= 4 is 16.7 Å². The molecule has 0 bridgehead atoms. The molecule has 2 aromatic rings. The molecule has 0 N–H and O–H groups in total. The molecule has 0 atom stereocenters. The SMILES string of the molecule is COC(=O)CCc1nccc2cc3c(cc12)OCCCO3. The summed E-state index contributed by atoms with van der Waals surface area (Å²) in [5, 5.41) is 2.03. The molecule has 0 fully saturated rings. The molecular formula is C16H17NO4. The number of ether oxygens (including phenoxy) is 3. The third-order valence-corrected chi connectivity index (χ3v) is 3.51. The second-order valence-electron chi connectivity index (χ2n) is 4.90. The van der Waals surface area contributed by atoms with E-state index in [4.69, 9.17) is 9.47 Å². The number of rotatable bonds is 3. The molecule has 5 heteroatoms. The summed E-state index contributed by atoms with van der Waals surface area (Å²) in [6.07, 6.45) is 3.48. The van der Waals surface area contributed by atoms with E-state index in [0.29, 0.717) is 26.1 Å². The van der Waals surface area contributed by atoms with Gasteiger partial charge < -0.3 is 14.2 Å². The zero-order valence-corrected chi connectivity index (χ0v) is 11.9. The van der Waals surface area contributed by atoms with E-state index in [1.165, 1.54) is 7.11 Å². The number of aromatic nitrogens is 1. The average Bonchev–Trinajstić information content (AvgIpc) is 2.75. The van der Waals surface area contributed by atoms with Gasteiger partial charge in [-0.25, -0.2) is 0 Å². The lowest BCUT2D eigenvalue weighted by atomic mass is 10.1. The Bertz CT molecular complexity index is 669. The highest BCUT2D eigenvalue weighted by molar-refractivity contribution is 5.88. The van der Waals surface area contributed by atoms with Gasteiger partial charge in [0.2, 0.25) is 0 Å². The Labute approximate surface area is 122 Å². The lowest BCUT2D eigenvalue weighted by molar-refractivity contribution is -0.140. The number of aryl methyl sites for hydroxylation is 1. The minimum Gasteiger partial charge on any atom is -0.490 e. The molecule has 110 valence electrons. The van der Waals surface area contributed by atoms with Gasteiger partial charge >= 0.3 is 5.97 Å². The van der Waals surface area contributed by atoms with Crippen LogP contribution in [-0.2, 0) is 16.0 Å². The molecule has 0 radical (unpaired) electrons. The highest BCUT2D eigenvalue weighted by atomic mass is 16.5. The fourth-order valence-electron chi connectivity index (χ4n) is 2.41. The van der Waals surface area contributed by atoms with Crippen LogP contribution in [0.15, 0.2) is 24.4 Å². The number of fused-ring (bicyclic) bond motifs is 2. The molecular weight excluding hydrogens is 270 g/mol. The standard InChI is InChI=1S/C16H17NO4/c1-19-16(18)4-3-13-12-10-15-14(20-7-2-8-21-15)9-11(12)5-6-17-13/h5-6,9-10H,2-4,7-8H2,1H3. The van der Waals surface area contributed by atoms with Crippen molar-refractivity contribution in [1.29, 1.82) is 0 Å². The first kappa shape index (κ1) is 13.7. The summed E-state index contributed by atoms with van der Waals surface area (Å²) >= 11 is 0. The number of hydrogen-bond donors (Lipinski definition) is 0. The van der Waals surface area contributed by atoms with Gasteiger partial charge in [-0.05, 0) is 23.6 Å². The van der Waals surface area contributed by atoms with Crippen molar-refractivity contribution in [3.8, 4) is 11.5 Å². The van der Waals surface area contributed by atoms with Crippen molar-refractivity contribution in [1.82, 2.24) is 4.98 Å². The van der Waals surface area contributed by atoms with Gasteiger partial charge in [-0.15, -0.1) is 0 Å². The molecule has 1 aromatic carbocycles. The van der Waals surface area contributed by atoms with Crippen LogP contribution in [-0.4, -0.2) is 31.3 Å². The number of nitrogens with zero attached hydrogens (tertiary/aromatic N) is 1. The highest BCUT2D eigenvalue weighted by Gasteiger charge is 2.14. The van der Waals surface area contributed by atoms with E-state index < -0.39 is 0 Å². The monoisotopic (exact) mass is 287 g/mol. The second kappa shape index (κ2) is 5.99. The molecule has 1 aliphatic rings. The van der Waals surface area contributed by atoms with Gasteiger partial charge in [-0.2, -0.15) is 0 Å². The first-order valence-electron chi connectivity index (χ1n) is 7.02. The Kier molecular flexibility index (Phi) is 3.90. The van der Waals surface area contributed by atoms with Gasteiger partial charge in [0, 0.05) is 30.1 Å². The van der Waals surface area contributed by atoms with Crippen LogP contribution in [0.25, 0.3) is 10.8 Å². The van der Waals surface area contributed by atoms with E-state index in [2.05, 4.69) is 9.72 Å². The molecule has 1 aromatic heterocycles. The molecule has 0 amide bonds. The number of methoxy groups -OCH3 is 1. The third kappa shape index (κ3) is 2.91. The maximum Gasteiger partial charge on any atom is 0.305 e. The van der Waals surface area contributed by atoms with Crippen LogP contribution in [0, 0.1) is 0 Å². The van der Waals surface area contributed by atoms with Gasteiger partial charge in [0.15, 0.2) is 11.5 Å². The van der Waals surface area contributed by atoms with Crippen molar-refractivity contribution < 1.29 is 19.0 Å². The van der Waals surface area contributed by atoms with E-state index in [1.807, 2.05) is 18.2 Å². The van der Waals surface area contributed by atoms with E-state index in [0.717, 1.165) is 34.4 Å². The first-order chi connectivity index (χ1) is 10.3. The van der Waals surface area contributed by atoms with Crippen molar-refractivity contribution in [2.24, 2.45) is 0 Å². The second-order valence-corrected chi connectivity index (χ2v) is 4.90. The number of benzene rings is 1. The van der Waals surface area contributed by atoms with E-state index >= 15 is 0 Å².